The molecule has 9 rings (SSSR count). The molecule has 0 unspecified atom stereocenters. The lowest BCUT2D eigenvalue weighted by Gasteiger charge is -2.14. The molecule has 40 heavy (non-hydrogen) atoms. The van der Waals surface area contributed by atoms with E-state index in [4.69, 9.17) is 4.98 Å². The zero-order chi connectivity index (χ0) is 26.2. The summed E-state index contributed by atoms with van der Waals surface area (Å²) in [7, 11) is 0. The molecule has 5 heteroatoms. The van der Waals surface area contributed by atoms with E-state index in [1.54, 1.807) is 6.33 Å². The molecule has 5 aromatic carbocycles. The molecule has 0 bridgehead atoms. The molecule has 5 nitrogen and oxygen atoms in total. The molecule has 0 radical (unpaired) electrons. The highest BCUT2D eigenvalue weighted by molar-refractivity contribution is 6.35. The Balaban J connectivity index is 1.67. The van der Waals surface area contributed by atoms with Gasteiger partial charge in [0.25, 0.3) is 0 Å². The molecule has 0 fully saturated rings. The first-order chi connectivity index (χ1) is 19.9. The minimum absolute atomic E-state index is 0.964. The predicted molar refractivity (Wildman–Crippen MR) is 164 cm³/mol. The van der Waals surface area contributed by atoms with Crippen molar-refractivity contribution in [2.45, 2.75) is 0 Å². The number of fused-ring (bicyclic) bond motifs is 11. The van der Waals surface area contributed by atoms with Crippen LogP contribution in [-0.4, -0.2) is 24.1 Å². The van der Waals surface area contributed by atoms with Gasteiger partial charge in [-0.2, -0.15) is 0 Å². The fourth-order valence-electron chi connectivity index (χ4n) is 6.53. The minimum Gasteiger partial charge on any atom is -0.307 e. The van der Waals surface area contributed by atoms with Crippen molar-refractivity contribution in [2.75, 3.05) is 0 Å². The van der Waals surface area contributed by atoms with Crippen LogP contribution in [-0.2, 0) is 0 Å². The van der Waals surface area contributed by atoms with Gasteiger partial charge in [0.1, 0.15) is 6.33 Å². The molecule has 0 aliphatic carbocycles. The molecule has 0 amide bonds. The Kier molecular flexibility index (Phi) is 4.27. The Labute approximate surface area is 228 Å². The Bertz CT molecular complexity index is 2430. The molecule has 4 heterocycles. The van der Waals surface area contributed by atoms with Crippen LogP contribution in [0.2, 0.25) is 0 Å². The van der Waals surface area contributed by atoms with E-state index in [2.05, 4.69) is 122 Å². The summed E-state index contributed by atoms with van der Waals surface area (Å²) in [6.07, 6.45) is 5.49. The van der Waals surface area contributed by atoms with E-state index < -0.39 is 0 Å². The van der Waals surface area contributed by atoms with E-state index in [-0.39, 0.29) is 0 Å². The van der Waals surface area contributed by atoms with Crippen LogP contribution in [0.3, 0.4) is 0 Å². The Morgan fingerprint density at radius 3 is 2.05 bits per heavy atom. The van der Waals surface area contributed by atoms with Gasteiger partial charge in [-0.05, 0) is 48.5 Å². The van der Waals surface area contributed by atoms with Crippen LogP contribution in [0.15, 0.2) is 128 Å². The third-order valence-corrected chi connectivity index (χ3v) is 8.07. The molecule has 0 atom stereocenters. The number of benzene rings is 5. The van der Waals surface area contributed by atoms with E-state index in [1.807, 2.05) is 18.5 Å². The maximum absolute atomic E-state index is 4.91. The highest BCUT2D eigenvalue weighted by atomic mass is 15.0. The smallest absolute Gasteiger partial charge is 0.116 e. The van der Waals surface area contributed by atoms with Crippen molar-refractivity contribution >= 4 is 65.4 Å². The first kappa shape index (κ1) is 21.4. The molecule has 0 N–H and O–H groups in total. The van der Waals surface area contributed by atoms with Gasteiger partial charge in [0.15, 0.2) is 0 Å². The maximum Gasteiger partial charge on any atom is 0.116 e. The van der Waals surface area contributed by atoms with E-state index in [0.29, 0.717) is 0 Å². The summed E-state index contributed by atoms with van der Waals surface area (Å²) >= 11 is 0. The van der Waals surface area contributed by atoms with Crippen LogP contribution in [0.4, 0.5) is 0 Å². The largest absolute Gasteiger partial charge is 0.307 e. The second kappa shape index (κ2) is 7.98. The third kappa shape index (κ3) is 2.73. The topological polar surface area (TPSA) is 48.5 Å². The molecule has 9 aromatic rings. The molecule has 0 aliphatic heterocycles. The fraction of sp³-hybridized carbons (Fsp3) is 0. The summed E-state index contributed by atoms with van der Waals surface area (Å²) in [5.74, 6) is 0. The summed E-state index contributed by atoms with van der Waals surface area (Å²) in [6.45, 7) is 0. The highest BCUT2D eigenvalue weighted by Gasteiger charge is 2.25. The average Bonchev–Trinajstić information content (AvgIpc) is 3.55. The van der Waals surface area contributed by atoms with Gasteiger partial charge >= 0.3 is 0 Å². The second-order valence-electron chi connectivity index (χ2n) is 10.1. The Morgan fingerprint density at radius 1 is 0.500 bits per heavy atom. The van der Waals surface area contributed by atoms with Gasteiger partial charge in [-0.25, -0.2) is 9.97 Å². The number of pyridine rings is 1. The van der Waals surface area contributed by atoms with Crippen molar-refractivity contribution < 1.29 is 0 Å². The SMILES string of the molecule is c1ccc(-n2c3ccccc3c3c4ncncc4c4c5ccccc5n(-c5cccc6ncccc56)c4c32)cc1. The summed E-state index contributed by atoms with van der Waals surface area (Å²) in [5, 5.41) is 6.78. The number of para-hydroxylation sites is 3. The summed E-state index contributed by atoms with van der Waals surface area (Å²) in [5.41, 5.74) is 8.68. The lowest BCUT2D eigenvalue weighted by Crippen LogP contribution is -2.00. The van der Waals surface area contributed by atoms with E-state index in [0.717, 1.165) is 66.0 Å². The predicted octanol–water partition coefficient (Wildman–Crippen LogP) is 8.37. The first-order valence-corrected chi connectivity index (χ1v) is 13.4. The van der Waals surface area contributed by atoms with Gasteiger partial charge < -0.3 is 9.13 Å². The van der Waals surface area contributed by atoms with Gasteiger partial charge in [0.2, 0.25) is 0 Å². The number of rotatable bonds is 2. The summed E-state index contributed by atoms with van der Waals surface area (Å²) in [4.78, 5) is 14.1. The van der Waals surface area contributed by atoms with Crippen molar-refractivity contribution in [3.8, 4) is 11.4 Å². The van der Waals surface area contributed by atoms with Gasteiger partial charge in [-0.1, -0.05) is 60.7 Å². The Hall–Kier alpha value is -5.55. The summed E-state index contributed by atoms with van der Waals surface area (Å²) < 4.78 is 4.81. The van der Waals surface area contributed by atoms with Crippen molar-refractivity contribution in [2.24, 2.45) is 0 Å². The fourth-order valence-corrected chi connectivity index (χ4v) is 6.53. The molecule has 4 aromatic heterocycles. The van der Waals surface area contributed by atoms with Gasteiger partial charge in [0.05, 0.1) is 38.8 Å². The number of hydrogen-bond donors (Lipinski definition) is 0. The van der Waals surface area contributed by atoms with Gasteiger partial charge in [0, 0.05) is 50.4 Å². The number of hydrogen-bond acceptors (Lipinski definition) is 3. The molecule has 0 aliphatic rings. The molecular formula is C35H21N5. The van der Waals surface area contributed by atoms with Crippen molar-refractivity contribution in [3.05, 3.63) is 128 Å². The highest BCUT2D eigenvalue weighted by Crippen LogP contribution is 2.46. The zero-order valence-electron chi connectivity index (χ0n) is 21.4. The van der Waals surface area contributed by atoms with Crippen LogP contribution in [0.25, 0.3) is 76.8 Å². The Morgan fingerprint density at radius 2 is 1.20 bits per heavy atom. The average molecular weight is 512 g/mol. The number of aromatic nitrogens is 5. The van der Waals surface area contributed by atoms with Crippen LogP contribution >= 0.6 is 0 Å². The third-order valence-electron chi connectivity index (χ3n) is 8.07. The monoisotopic (exact) mass is 511 g/mol. The minimum atomic E-state index is 0.964. The quantitative estimate of drug-likeness (QED) is 0.234. The van der Waals surface area contributed by atoms with E-state index >= 15 is 0 Å². The number of nitrogens with zero attached hydrogens (tertiary/aromatic N) is 5. The standard InChI is InChI=1S/C35H21N5/c1-2-10-22(11-3-1)39-29-16-6-5-13-25(29)32-33-26(20-36-21-38-33)31-24-12-4-7-17-30(24)40(34(31)35(32)39)28-18-8-15-27-23(28)14-9-19-37-27/h1-21H. The lowest BCUT2D eigenvalue weighted by atomic mass is 10.0. The maximum atomic E-state index is 4.91. The van der Waals surface area contributed by atoms with E-state index in [9.17, 15) is 0 Å². The van der Waals surface area contributed by atoms with Crippen LogP contribution in [0, 0.1) is 0 Å². The van der Waals surface area contributed by atoms with Crippen LogP contribution < -0.4 is 0 Å². The molecule has 0 saturated heterocycles. The van der Waals surface area contributed by atoms with Crippen molar-refractivity contribution in [3.63, 3.8) is 0 Å². The molecule has 186 valence electrons. The zero-order valence-corrected chi connectivity index (χ0v) is 21.4. The van der Waals surface area contributed by atoms with E-state index in [1.165, 1.54) is 10.8 Å². The lowest BCUT2D eigenvalue weighted by molar-refractivity contribution is 1.15. The molecule has 0 spiro atoms. The van der Waals surface area contributed by atoms with Crippen molar-refractivity contribution in [1.29, 1.82) is 0 Å². The van der Waals surface area contributed by atoms with Crippen molar-refractivity contribution in [1.82, 2.24) is 24.1 Å². The van der Waals surface area contributed by atoms with Gasteiger partial charge in [-0.3, -0.25) is 4.98 Å². The normalized spacial score (nSPS) is 12.0. The van der Waals surface area contributed by atoms with Crippen LogP contribution in [0.1, 0.15) is 0 Å². The van der Waals surface area contributed by atoms with Crippen LogP contribution in [0.5, 0.6) is 0 Å². The molecule has 0 saturated carbocycles. The molecular weight excluding hydrogens is 490 g/mol. The van der Waals surface area contributed by atoms with Gasteiger partial charge in [-0.15, -0.1) is 0 Å². The summed E-state index contributed by atoms with van der Waals surface area (Å²) in [6, 6.07) is 38.4. The first-order valence-electron chi connectivity index (χ1n) is 13.4. The second-order valence-corrected chi connectivity index (χ2v) is 10.1.